The molecule has 0 N–H and O–H groups in total. The zero-order chi connectivity index (χ0) is 14.8. The van der Waals surface area contributed by atoms with Crippen molar-refractivity contribution >= 4 is 0 Å². The molecule has 0 aromatic carbocycles. The summed E-state index contributed by atoms with van der Waals surface area (Å²) in [5, 5.41) is 9.76. The van der Waals surface area contributed by atoms with Crippen LogP contribution in [-0.2, 0) is 4.74 Å². The van der Waals surface area contributed by atoms with Crippen LogP contribution in [0.2, 0.25) is 0 Å². The first-order valence-electron chi connectivity index (χ1n) is 9.28. The predicted octanol–water partition coefficient (Wildman–Crippen LogP) is 5.37. The summed E-state index contributed by atoms with van der Waals surface area (Å²) in [6.07, 6.45) is 16.4. The molecule has 118 valence electrons. The Morgan fingerprint density at radius 3 is 2.33 bits per heavy atom. The van der Waals surface area contributed by atoms with E-state index >= 15 is 0 Å². The molecular weight excluding hydrogens is 258 g/mol. The van der Waals surface area contributed by atoms with Gasteiger partial charge >= 0.3 is 0 Å². The van der Waals surface area contributed by atoms with Crippen molar-refractivity contribution in [3.05, 3.63) is 0 Å². The van der Waals surface area contributed by atoms with Gasteiger partial charge in [-0.1, -0.05) is 32.6 Å². The number of hydrogen-bond donors (Lipinski definition) is 0. The molecule has 0 aromatic heterocycles. The lowest BCUT2D eigenvalue weighted by Crippen LogP contribution is -2.34. The third-order valence-corrected chi connectivity index (χ3v) is 6.60. The fourth-order valence-corrected chi connectivity index (χ4v) is 5.04. The number of nitriles is 1. The van der Waals surface area contributed by atoms with Crippen LogP contribution in [0.4, 0.5) is 0 Å². The number of hydrogen-bond acceptors (Lipinski definition) is 2. The smallest absolute Gasteiger partial charge is 0.0690 e. The summed E-state index contributed by atoms with van der Waals surface area (Å²) in [5.74, 6) is 0.862. The minimum absolute atomic E-state index is 0.0729. The molecule has 2 heteroatoms. The molecule has 2 saturated carbocycles. The largest absolute Gasteiger partial charge is 0.372 e. The standard InChI is InChI=1S/C19H31NO/c1-2-16-6-11-18(15-20,12-7-16)14-17-8-13-19(21-17)9-4-3-5-10-19/h16-17H,2-14H2,1H3. The van der Waals surface area contributed by atoms with E-state index in [0.29, 0.717) is 6.10 Å². The van der Waals surface area contributed by atoms with Crippen molar-refractivity contribution in [1.82, 2.24) is 0 Å². The van der Waals surface area contributed by atoms with Gasteiger partial charge in [0.15, 0.2) is 0 Å². The van der Waals surface area contributed by atoms with Crippen molar-refractivity contribution in [2.45, 2.75) is 102 Å². The maximum atomic E-state index is 9.76. The van der Waals surface area contributed by atoms with Crippen LogP contribution in [-0.4, -0.2) is 11.7 Å². The van der Waals surface area contributed by atoms with Gasteiger partial charge in [-0.15, -0.1) is 0 Å². The third kappa shape index (κ3) is 3.29. The summed E-state index contributed by atoms with van der Waals surface area (Å²) in [7, 11) is 0. The molecule has 0 radical (unpaired) electrons. The monoisotopic (exact) mass is 289 g/mol. The molecule has 1 unspecified atom stereocenters. The SMILES string of the molecule is CCC1CCC(C#N)(CC2CCC3(CCCCC3)O2)CC1. The Balaban J connectivity index is 1.57. The topological polar surface area (TPSA) is 33.0 Å². The fraction of sp³-hybridized carbons (Fsp3) is 0.947. The van der Waals surface area contributed by atoms with Gasteiger partial charge in [0.1, 0.15) is 0 Å². The number of nitrogens with zero attached hydrogens (tertiary/aromatic N) is 1. The van der Waals surface area contributed by atoms with Crippen molar-refractivity contribution in [2.24, 2.45) is 11.3 Å². The fourth-order valence-electron chi connectivity index (χ4n) is 5.04. The van der Waals surface area contributed by atoms with Gasteiger partial charge in [0.25, 0.3) is 0 Å². The first-order chi connectivity index (χ1) is 10.2. The second kappa shape index (κ2) is 6.29. The van der Waals surface area contributed by atoms with Crippen LogP contribution in [0.5, 0.6) is 0 Å². The summed E-state index contributed by atoms with van der Waals surface area (Å²) in [5.41, 5.74) is 0.136. The van der Waals surface area contributed by atoms with Gasteiger partial charge in [-0.2, -0.15) is 5.26 Å². The minimum Gasteiger partial charge on any atom is -0.372 e. The van der Waals surface area contributed by atoms with Gasteiger partial charge in [-0.05, 0) is 63.7 Å². The molecule has 0 amide bonds. The van der Waals surface area contributed by atoms with Gasteiger partial charge < -0.3 is 4.74 Å². The lowest BCUT2D eigenvalue weighted by atomic mass is 9.68. The van der Waals surface area contributed by atoms with Crippen molar-refractivity contribution in [1.29, 1.82) is 5.26 Å². The Morgan fingerprint density at radius 1 is 1.00 bits per heavy atom. The van der Waals surface area contributed by atoms with E-state index in [1.165, 1.54) is 64.2 Å². The summed E-state index contributed by atoms with van der Waals surface area (Å²) in [6, 6.07) is 2.70. The van der Waals surface area contributed by atoms with E-state index in [1.807, 2.05) is 0 Å². The molecule has 2 nitrogen and oxygen atoms in total. The Morgan fingerprint density at radius 2 is 1.71 bits per heavy atom. The number of rotatable bonds is 3. The molecule has 1 saturated heterocycles. The summed E-state index contributed by atoms with van der Waals surface area (Å²) in [6.45, 7) is 2.29. The molecule has 1 aliphatic heterocycles. The molecular formula is C19H31NO. The highest BCUT2D eigenvalue weighted by Gasteiger charge is 2.45. The average molecular weight is 289 g/mol. The van der Waals surface area contributed by atoms with Crippen LogP contribution < -0.4 is 0 Å². The Kier molecular flexibility index (Phi) is 4.60. The lowest BCUT2D eigenvalue weighted by molar-refractivity contribution is -0.0761. The van der Waals surface area contributed by atoms with Crippen LogP contribution in [0.1, 0.15) is 90.4 Å². The van der Waals surface area contributed by atoms with E-state index in [0.717, 1.165) is 25.2 Å². The molecule has 1 atom stereocenters. The van der Waals surface area contributed by atoms with Crippen LogP contribution in [0.25, 0.3) is 0 Å². The van der Waals surface area contributed by atoms with Gasteiger partial charge in [0.05, 0.1) is 23.2 Å². The van der Waals surface area contributed by atoms with Crippen molar-refractivity contribution in [3.8, 4) is 6.07 Å². The molecule has 2 aliphatic carbocycles. The third-order valence-electron chi connectivity index (χ3n) is 6.60. The molecule has 21 heavy (non-hydrogen) atoms. The summed E-state index contributed by atoms with van der Waals surface area (Å²) in [4.78, 5) is 0. The van der Waals surface area contributed by atoms with Crippen molar-refractivity contribution in [3.63, 3.8) is 0 Å². The van der Waals surface area contributed by atoms with Gasteiger partial charge in [0.2, 0.25) is 0 Å². The zero-order valence-electron chi connectivity index (χ0n) is 13.7. The Hall–Kier alpha value is -0.550. The van der Waals surface area contributed by atoms with E-state index < -0.39 is 0 Å². The first kappa shape index (κ1) is 15.3. The van der Waals surface area contributed by atoms with Crippen LogP contribution in [0.3, 0.4) is 0 Å². The van der Waals surface area contributed by atoms with Crippen molar-refractivity contribution in [2.75, 3.05) is 0 Å². The maximum Gasteiger partial charge on any atom is 0.0690 e. The van der Waals surface area contributed by atoms with E-state index in [-0.39, 0.29) is 11.0 Å². The van der Waals surface area contributed by atoms with Gasteiger partial charge in [-0.3, -0.25) is 0 Å². The van der Waals surface area contributed by atoms with E-state index in [2.05, 4.69) is 13.0 Å². The van der Waals surface area contributed by atoms with E-state index in [1.54, 1.807) is 0 Å². The second-order valence-electron chi connectivity index (χ2n) is 7.97. The van der Waals surface area contributed by atoms with E-state index in [9.17, 15) is 5.26 Å². The van der Waals surface area contributed by atoms with Gasteiger partial charge in [0, 0.05) is 0 Å². The zero-order valence-corrected chi connectivity index (χ0v) is 13.7. The van der Waals surface area contributed by atoms with Crippen molar-refractivity contribution < 1.29 is 4.74 Å². The highest BCUT2D eigenvalue weighted by atomic mass is 16.5. The summed E-state index contributed by atoms with van der Waals surface area (Å²) < 4.78 is 6.52. The van der Waals surface area contributed by atoms with Gasteiger partial charge in [-0.25, -0.2) is 0 Å². The highest BCUT2D eigenvalue weighted by Crippen LogP contribution is 2.48. The lowest BCUT2D eigenvalue weighted by Gasteiger charge is -2.38. The quantitative estimate of drug-likeness (QED) is 0.700. The number of ether oxygens (including phenoxy) is 1. The normalized spacial score (nSPS) is 39.2. The molecule has 3 fully saturated rings. The van der Waals surface area contributed by atoms with E-state index in [4.69, 9.17) is 4.74 Å². The Labute approximate surface area is 130 Å². The maximum absolute atomic E-state index is 9.76. The van der Waals surface area contributed by atoms with Crippen LogP contribution in [0, 0.1) is 22.7 Å². The molecule has 3 aliphatic rings. The molecule has 0 bridgehead atoms. The average Bonchev–Trinajstić information content (AvgIpc) is 2.90. The highest BCUT2D eigenvalue weighted by molar-refractivity contribution is 5.04. The molecule has 3 rings (SSSR count). The molecule has 1 heterocycles. The van der Waals surface area contributed by atoms with Crippen LogP contribution in [0.15, 0.2) is 0 Å². The first-order valence-corrected chi connectivity index (χ1v) is 9.28. The predicted molar refractivity (Wildman–Crippen MR) is 84.8 cm³/mol. The van der Waals surface area contributed by atoms with Crippen LogP contribution >= 0.6 is 0 Å². The molecule has 0 aromatic rings. The summed E-state index contributed by atoms with van der Waals surface area (Å²) >= 11 is 0. The Bertz CT molecular complexity index is 383. The minimum atomic E-state index is -0.0729. The molecule has 1 spiro atoms. The second-order valence-corrected chi connectivity index (χ2v) is 7.97.